The predicted octanol–water partition coefficient (Wildman–Crippen LogP) is 3.77. The summed E-state index contributed by atoms with van der Waals surface area (Å²) in [5.74, 6) is -0.00920. The smallest absolute Gasteiger partial charge is 0.259 e. The number of amides is 1. The molecular weight excluding hydrogens is 343 g/mol. The fourth-order valence-corrected chi connectivity index (χ4v) is 3.48. The normalized spacial score (nSPS) is 11.1. The molecule has 2 aromatic heterocycles. The number of primary amides is 1. The van der Waals surface area contributed by atoms with Gasteiger partial charge in [-0.2, -0.15) is 0 Å². The molecule has 8 heteroatoms. The van der Waals surface area contributed by atoms with Gasteiger partial charge in [0, 0.05) is 6.07 Å². The Hall–Kier alpha value is -2.74. The van der Waals surface area contributed by atoms with Crippen molar-refractivity contribution >= 4 is 39.0 Å². The predicted molar refractivity (Wildman–Crippen MR) is 96.1 cm³/mol. The van der Waals surface area contributed by atoms with E-state index in [0.29, 0.717) is 37.9 Å². The monoisotopic (exact) mass is 360 g/mol. The van der Waals surface area contributed by atoms with Crippen LogP contribution in [0.25, 0.3) is 10.2 Å². The first-order valence-electron chi connectivity index (χ1n) is 7.64. The number of hydrogen-bond acceptors (Lipinski definition) is 6. The van der Waals surface area contributed by atoms with Crippen molar-refractivity contribution in [3.05, 3.63) is 40.8 Å². The van der Waals surface area contributed by atoms with Crippen molar-refractivity contribution in [1.82, 2.24) is 9.97 Å². The van der Waals surface area contributed by atoms with Gasteiger partial charge in [-0.05, 0) is 38.5 Å². The Bertz CT molecular complexity index is 955. The van der Waals surface area contributed by atoms with Crippen LogP contribution in [0.3, 0.4) is 0 Å². The topological polar surface area (TPSA) is 90.1 Å². The number of fused-ring (bicyclic) bond motifs is 1. The van der Waals surface area contributed by atoms with Crippen LogP contribution >= 0.6 is 11.3 Å². The zero-order chi connectivity index (χ0) is 18.1. The summed E-state index contributed by atoms with van der Waals surface area (Å²) in [4.78, 5) is 21.1. The van der Waals surface area contributed by atoms with Crippen LogP contribution in [0.1, 0.15) is 29.1 Å². The molecule has 3 aromatic rings. The van der Waals surface area contributed by atoms with Crippen molar-refractivity contribution in [2.24, 2.45) is 5.73 Å². The molecule has 1 aromatic carbocycles. The summed E-state index contributed by atoms with van der Waals surface area (Å²) in [7, 11) is 0. The maximum atomic E-state index is 13.6. The third kappa shape index (κ3) is 3.39. The average molecular weight is 360 g/mol. The highest BCUT2D eigenvalue weighted by molar-refractivity contribution is 7.20. The number of carbonyl (C=O) groups is 1. The molecule has 0 atom stereocenters. The van der Waals surface area contributed by atoms with Gasteiger partial charge < -0.3 is 15.8 Å². The van der Waals surface area contributed by atoms with Crippen molar-refractivity contribution in [2.75, 3.05) is 5.32 Å². The lowest BCUT2D eigenvalue weighted by molar-refractivity contribution is 0.100. The van der Waals surface area contributed by atoms with Crippen LogP contribution < -0.4 is 15.8 Å². The molecule has 25 heavy (non-hydrogen) atoms. The summed E-state index contributed by atoms with van der Waals surface area (Å²) < 4.78 is 19.2. The van der Waals surface area contributed by atoms with Crippen LogP contribution in [-0.4, -0.2) is 22.0 Å². The minimum absolute atomic E-state index is 0.114. The van der Waals surface area contributed by atoms with E-state index in [1.54, 1.807) is 13.0 Å². The first-order chi connectivity index (χ1) is 11.9. The molecule has 1 amide bonds. The van der Waals surface area contributed by atoms with Gasteiger partial charge >= 0.3 is 0 Å². The number of carbonyl (C=O) groups excluding carboxylic acids is 1. The van der Waals surface area contributed by atoms with E-state index in [9.17, 15) is 9.18 Å². The number of anilines is 2. The highest BCUT2D eigenvalue weighted by Crippen LogP contribution is 2.36. The van der Waals surface area contributed by atoms with Crippen molar-refractivity contribution in [3.8, 4) is 5.75 Å². The summed E-state index contributed by atoms with van der Waals surface area (Å²) in [5, 5.41) is 3.86. The first kappa shape index (κ1) is 17.1. The lowest BCUT2D eigenvalue weighted by Crippen LogP contribution is -2.10. The number of aromatic nitrogens is 2. The van der Waals surface area contributed by atoms with E-state index in [4.69, 9.17) is 10.5 Å². The maximum Gasteiger partial charge on any atom is 0.259 e. The van der Waals surface area contributed by atoms with Crippen molar-refractivity contribution in [1.29, 1.82) is 0 Å². The van der Waals surface area contributed by atoms with Crippen LogP contribution in [0.5, 0.6) is 5.75 Å². The molecule has 6 nitrogen and oxygen atoms in total. The van der Waals surface area contributed by atoms with Gasteiger partial charge in [0.25, 0.3) is 5.91 Å². The maximum absolute atomic E-state index is 13.6. The minimum atomic E-state index is -0.503. The molecular formula is C17H17FN4O2S. The second kappa shape index (κ2) is 6.64. The molecule has 0 bridgehead atoms. The van der Waals surface area contributed by atoms with Crippen molar-refractivity contribution in [3.63, 3.8) is 0 Å². The number of rotatable bonds is 5. The third-order valence-electron chi connectivity index (χ3n) is 3.51. The number of hydrogen-bond donors (Lipinski definition) is 2. The van der Waals surface area contributed by atoms with E-state index < -0.39 is 11.7 Å². The summed E-state index contributed by atoms with van der Waals surface area (Å²) >= 11 is 1.22. The van der Waals surface area contributed by atoms with Crippen molar-refractivity contribution in [2.45, 2.75) is 26.9 Å². The van der Waals surface area contributed by atoms with E-state index in [0.717, 1.165) is 0 Å². The quantitative estimate of drug-likeness (QED) is 0.723. The van der Waals surface area contributed by atoms with Gasteiger partial charge in [0.15, 0.2) is 0 Å². The molecule has 0 aliphatic carbocycles. The molecule has 3 rings (SSSR count). The number of benzene rings is 1. The highest BCUT2D eigenvalue weighted by Gasteiger charge is 2.18. The fourth-order valence-electron chi connectivity index (χ4n) is 2.48. The average Bonchev–Trinajstić information content (AvgIpc) is 2.88. The third-order valence-corrected chi connectivity index (χ3v) is 4.72. The van der Waals surface area contributed by atoms with E-state index in [1.807, 2.05) is 13.8 Å². The number of halogens is 1. The number of ether oxygens (including phenoxy) is 1. The standard InChI is InChI=1S/C17H17FN4O2S/c1-8(2)24-12-6-10(18)4-5-11(12)22-16-13-9(3)14(15(19)23)25-17(13)21-7-20-16/h4-8H,1-3H3,(H2,19,23)(H,20,21,22). The number of nitrogens with one attached hydrogen (secondary N) is 1. The van der Waals surface area contributed by atoms with E-state index >= 15 is 0 Å². The summed E-state index contributed by atoms with van der Waals surface area (Å²) in [5.41, 5.74) is 6.70. The SMILES string of the molecule is Cc1c(C(N)=O)sc2ncnc(Nc3ccc(F)cc3OC(C)C)c12. The van der Waals surface area contributed by atoms with Crippen LogP contribution in [0.15, 0.2) is 24.5 Å². The molecule has 0 fully saturated rings. The van der Waals surface area contributed by atoms with E-state index in [-0.39, 0.29) is 6.10 Å². The second-order valence-electron chi connectivity index (χ2n) is 5.75. The zero-order valence-electron chi connectivity index (χ0n) is 14.0. The van der Waals surface area contributed by atoms with Gasteiger partial charge in [0.05, 0.1) is 22.1 Å². The Morgan fingerprint density at radius 2 is 2.12 bits per heavy atom. The molecule has 0 saturated heterocycles. The van der Waals surface area contributed by atoms with Crippen molar-refractivity contribution < 1.29 is 13.9 Å². The highest BCUT2D eigenvalue weighted by atomic mass is 32.1. The minimum Gasteiger partial charge on any atom is -0.489 e. The van der Waals surface area contributed by atoms with Gasteiger partial charge in [-0.15, -0.1) is 11.3 Å². The molecule has 2 heterocycles. The fraction of sp³-hybridized carbons (Fsp3) is 0.235. The van der Waals surface area contributed by atoms with Gasteiger partial charge in [-0.25, -0.2) is 14.4 Å². The number of aryl methyl sites for hydroxylation is 1. The molecule has 0 aliphatic heterocycles. The molecule has 130 valence electrons. The summed E-state index contributed by atoms with van der Waals surface area (Å²) in [6.45, 7) is 5.52. The van der Waals surface area contributed by atoms with Gasteiger partial charge in [-0.3, -0.25) is 4.79 Å². The van der Waals surface area contributed by atoms with Gasteiger partial charge in [-0.1, -0.05) is 0 Å². The van der Waals surface area contributed by atoms with E-state index in [2.05, 4.69) is 15.3 Å². The molecule has 0 aliphatic rings. The van der Waals surface area contributed by atoms with Crippen LogP contribution in [-0.2, 0) is 0 Å². The Morgan fingerprint density at radius 3 is 2.80 bits per heavy atom. The Morgan fingerprint density at radius 1 is 1.36 bits per heavy atom. The molecule has 3 N–H and O–H groups in total. The van der Waals surface area contributed by atoms with Gasteiger partial charge in [0.2, 0.25) is 0 Å². The molecule has 0 saturated carbocycles. The number of nitrogens with zero attached hydrogens (tertiary/aromatic N) is 2. The Balaban J connectivity index is 2.08. The van der Waals surface area contributed by atoms with Gasteiger partial charge in [0.1, 0.15) is 28.5 Å². The second-order valence-corrected chi connectivity index (χ2v) is 6.75. The lowest BCUT2D eigenvalue weighted by atomic mass is 10.2. The summed E-state index contributed by atoms with van der Waals surface area (Å²) in [6.07, 6.45) is 1.29. The molecule has 0 spiro atoms. The Labute approximate surface area is 147 Å². The molecule has 0 unspecified atom stereocenters. The largest absolute Gasteiger partial charge is 0.489 e. The zero-order valence-corrected chi connectivity index (χ0v) is 14.8. The Kier molecular flexibility index (Phi) is 4.54. The van der Waals surface area contributed by atoms with Crippen LogP contribution in [0, 0.1) is 12.7 Å². The number of thiophene rings is 1. The van der Waals surface area contributed by atoms with Crippen LogP contribution in [0.4, 0.5) is 15.9 Å². The number of nitrogens with two attached hydrogens (primary N) is 1. The van der Waals surface area contributed by atoms with Crippen LogP contribution in [0.2, 0.25) is 0 Å². The lowest BCUT2D eigenvalue weighted by Gasteiger charge is -2.15. The molecule has 0 radical (unpaired) electrons. The first-order valence-corrected chi connectivity index (χ1v) is 8.45. The summed E-state index contributed by atoms with van der Waals surface area (Å²) in [6, 6.07) is 4.23. The van der Waals surface area contributed by atoms with E-state index in [1.165, 1.54) is 29.8 Å².